The SMILES string of the molecule is CC(C)(C)OC(=O)N1CCC2(CC1)N=C(C1CCCCC1)NC2=O. The Balaban J connectivity index is 1.63. The maximum atomic E-state index is 12.5. The Morgan fingerprint density at radius 1 is 1.21 bits per heavy atom. The number of rotatable bonds is 1. The van der Waals surface area contributed by atoms with Crippen molar-refractivity contribution in [2.24, 2.45) is 10.9 Å². The number of likely N-dealkylation sites (tertiary alicyclic amines) is 1. The molecule has 0 aromatic rings. The molecule has 6 heteroatoms. The van der Waals surface area contributed by atoms with Crippen LogP contribution in [0.3, 0.4) is 0 Å². The van der Waals surface area contributed by atoms with Crippen molar-refractivity contribution < 1.29 is 14.3 Å². The number of amidine groups is 1. The van der Waals surface area contributed by atoms with Crippen molar-refractivity contribution in [3.8, 4) is 0 Å². The molecule has 1 saturated carbocycles. The fraction of sp³-hybridized carbons (Fsp3) is 0.833. The van der Waals surface area contributed by atoms with Crippen molar-refractivity contribution >= 4 is 17.8 Å². The molecule has 1 saturated heterocycles. The average Bonchev–Trinajstić information content (AvgIpc) is 2.84. The first kappa shape index (κ1) is 17.2. The summed E-state index contributed by atoms with van der Waals surface area (Å²) in [6, 6.07) is 0. The molecule has 2 heterocycles. The van der Waals surface area contributed by atoms with Gasteiger partial charge in [0.15, 0.2) is 0 Å². The number of piperidine rings is 1. The minimum absolute atomic E-state index is 0.0203. The summed E-state index contributed by atoms with van der Waals surface area (Å²) in [5.74, 6) is 1.32. The highest BCUT2D eigenvalue weighted by Crippen LogP contribution is 2.34. The number of amides is 2. The van der Waals surface area contributed by atoms with E-state index in [1.165, 1.54) is 19.3 Å². The van der Waals surface area contributed by atoms with Gasteiger partial charge in [0.25, 0.3) is 5.91 Å². The van der Waals surface area contributed by atoms with Crippen LogP contribution < -0.4 is 5.32 Å². The monoisotopic (exact) mass is 335 g/mol. The molecule has 0 atom stereocenters. The second-order valence-corrected chi connectivity index (χ2v) is 8.29. The third-order valence-corrected chi connectivity index (χ3v) is 5.23. The van der Waals surface area contributed by atoms with Crippen LogP contribution in [0.5, 0.6) is 0 Å². The van der Waals surface area contributed by atoms with Crippen LogP contribution in [0.15, 0.2) is 4.99 Å². The average molecular weight is 335 g/mol. The fourth-order valence-electron chi connectivity index (χ4n) is 3.84. The third kappa shape index (κ3) is 3.57. The van der Waals surface area contributed by atoms with Crippen molar-refractivity contribution in [1.82, 2.24) is 10.2 Å². The number of nitrogens with zero attached hydrogens (tertiary/aromatic N) is 2. The van der Waals surface area contributed by atoms with E-state index in [1.54, 1.807) is 4.90 Å². The topological polar surface area (TPSA) is 71.0 Å². The van der Waals surface area contributed by atoms with E-state index < -0.39 is 11.1 Å². The van der Waals surface area contributed by atoms with Crippen molar-refractivity contribution in [3.05, 3.63) is 0 Å². The van der Waals surface area contributed by atoms with E-state index in [0.29, 0.717) is 31.8 Å². The van der Waals surface area contributed by atoms with E-state index >= 15 is 0 Å². The lowest BCUT2D eigenvalue weighted by molar-refractivity contribution is -0.125. The van der Waals surface area contributed by atoms with Crippen LogP contribution in [0.2, 0.25) is 0 Å². The molecule has 0 unspecified atom stereocenters. The van der Waals surface area contributed by atoms with Gasteiger partial charge in [-0.25, -0.2) is 4.79 Å². The molecule has 1 N–H and O–H groups in total. The number of hydrogen-bond acceptors (Lipinski definition) is 4. The summed E-state index contributed by atoms with van der Waals surface area (Å²) >= 11 is 0. The predicted octanol–water partition coefficient (Wildman–Crippen LogP) is 2.86. The molecular formula is C18H29N3O3. The Hall–Kier alpha value is -1.59. The van der Waals surface area contributed by atoms with Gasteiger partial charge in [0, 0.05) is 19.0 Å². The van der Waals surface area contributed by atoms with Gasteiger partial charge in [-0.2, -0.15) is 0 Å². The molecule has 2 amide bonds. The molecule has 0 radical (unpaired) electrons. The largest absolute Gasteiger partial charge is 0.444 e. The lowest BCUT2D eigenvalue weighted by atomic mass is 9.87. The molecule has 2 aliphatic heterocycles. The molecule has 0 aromatic carbocycles. The molecule has 1 spiro atoms. The molecule has 0 bridgehead atoms. The van der Waals surface area contributed by atoms with E-state index in [2.05, 4.69) is 5.32 Å². The van der Waals surface area contributed by atoms with Crippen LogP contribution in [0.4, 0.5) is 4.79 Å². The summed E-state index contributed by atoms with van der Waals surface area (Å²) < 4.78 is 5.42. The van der Waals surface area contributed by atoms with Crippen molar-refractivity contribution in [1.29, 1.82) is 0 Å². The summed E-state index contributed by atoms with van der Waals surface area (Å²) in [7, 11) is 0. The molecule has 3 rings (SSSR count). The molecule has 1 aliphatic carbocycles. The van der Waals surface area contributed by atoms with Gasteiger partial charge in [0.2, 0.25) is 0 Å². The first-order chi connectivity index (χ1) is 11.3. The minimum Gasteiger partial charge on any atom is -0.444 e. The normalized spacial score (nSPS) is 24.7. The smallest absolute Gasteiger partial charge is 0.410 e. The zero-order valence-corrected chi connectivity index (χ0v) is 15.1. The van der Waals surface area contributed by atoms with E-state index in [1.807, 2.05) is 20.8 Å². The van der Waals surface area contributed by atoms with Gasteiger partial charge in [-0.05, 0) is 46.5 Å². The Labute approximate surface area is 144 Å². The third-order valence-electron chi connectivity index (χ3n) is 5.23. The van der Waals surface area contributed by atoms with Crippen molar-refractivity contribution in [2.75, 3.05) is 13.1 Å². The van der Waals surface area contributed by atoms with Crippen molar-refractivity contribution in [2.45, 2.75) is 76.9 Å². The van der Waals surface area contributed by atoms with E-state index in [9.17, 15) is 9.59 Å². The minimum atomic E-state index is -0.661. The molecule has 6 nitrogen and oxygen atoms in total. The zero-order valence-electron chi connectivity index (χ0n) is 15.1. The highest BCUT2D eigenvalue weighted by Gasteiger charge is 2.47. The first-order valence-electron chi connectivity index (χ1n) is 9.18. The predicted molar refractivity (Wildman–Crippen MR) is 91.9 cm³/mol. The van der Waals surface area contributed by atoms with Crippen LogP contribution in [0, 0.1) is 5.92 Å². The van der Waals surface area contributed by atoms with Gasteiger partial charge < -0.3 is 15.0 Å². The molecule has 0 aromatic heterocycles. The Bertz CT molecular complexity index is 536. The second-order valence-electron chi connectivity index (χ2n) is 8.29. The van der Waals surface area contributed by atoms with Crippen LogP contribution in [0.1, 0.15) is 65.7 Å². The van der Waals surface area contributed by atoms with Crippen LogP contribution in [0.25, 0.3) is 0 Å². The number of carbonyl (C=O) groups is 2. The fourth-order valence-corrected chi connectivity index (χ4v) is 3.84. The molecule has 3 aliphatic rings. The van der Waals surface area contributed by atoms with Gasteiger partial charge in [0.1, 0.15) is 17.0 Å². The maximum absolute atomic E-state index is 12.5. The summed E-state index contributed by atoms with van der Waals surface area (Å²) in [5, 5.41) is 3.04. The van der Waals surface area contributed by atoms with Crippen LogP contribution in [-0.4, -0.2) is 47.0 Å². The highest BCUT2D eigenvalue weighted by molar-refractivity contribution is 6.09. The number of aliphatic imine (C=N–C) groups is 1. The van der Waals surface area contributed by atoms with Gasteiger partial charge in [-0.3, -0.25) is 9.79 Å². The summed E-state index contributed by atoms with van der Waals surface area (Å²) in [6.45, 7) is 6.62. The quantitative estimate of drug-likeness (QED) is 0.801. The van der Waals surface area contributed by atoms with E-state index in [4.69, 9.17) is 9.73 Å². The molecular weight excluding hydrogens is 306 g/mol. The lowest BCUT2D eigenvalue weighted by Gasteiger charge is -2.36. The van der Waals surface area contributed by atoms with Gasteiger partial charge >= 0.3 is 6.09 Å². The Kier molecular flexibility index (Phi) is 4.58. The molecule has 24 heavy (non-hydrogen) atoms. The summed E-state index contributed by atoms with van der Waals surface area (Å²) in [6.07, 6.45) is 6.83. The Morgan fingerprint density at radius 2 is 1.83 bits per heavy atom. The van der Waals surface area contributed by atoms with E-state index in [-0.39, 0.29) is 12.0 Å². The second kappa shape index (κ2) is 6.37. The number of ether oxygens (including phenoxy) is 1. The highest BCUT2D eigenvalue weighted by atomic mass is 16.6. The van der Waals surface area contributed by atoms with Gasteiger partial charge in [-0.1, -0.05) is 19.3 Å². The maximum Gasteiger partial charge on any atom is 0.410 e. The molecule has 2 fully saturated rings. The number of carbonyl (C=O) groups excluding carboxylic acids is 2. The lowest BCUT2D eigenvalue weighted by Crippen LogP contribution is -2.51. The van der Waals surface area contributed by atoms with Crippen LogP contribution in [-0.2, 0) is 9.53 Å². The standard InChI is InChI=1S/C18H29N3O3/c1-17(2,3)24-16(23)21-11-9-18(10-12-21)15(22)19-14(20-18)13-7-5-4-6-8-13/h13H,4-12H2,1-3H3,(H,19,20,22). The number of hydrogen-bond donors (Lipinski definition) is 1. The van der Waals surface area contributed by atoms with Gasteiger partial charge in [-0.15, -0.1) is 0 Å². The summed E-state index contributed by atoms with van der Waals surface area (Å²) in [5.41, 5.74) is -1.16. The molecule has 134 valence electrons. The van der Waals surface area contributed by atoms with Gasteiger partial charge in [0.05, 0.1) is 0 Å². The van der Waals surface area contributed by atoms with Crippen molar-refractivity contribution in [3.63, 3.8) is 0 Å². The zero-order chi connectivity index (χ0) is 17.4. The first-order valence-corrected chi connectivity index (χ1v) is 9.18. The summed E-state index contributed by atoms with van der Waals surface area (Å²) in [4.78, 5) is 31.2. The number of nitrogens with one attached hydrogen (secondary N) is 1. The van der Waals surface area contributed by atoms with E-state index in [0.717, 1.165) is 18.7 Å². The Morgan fingerprint density at radius 3 is 2.42 bits per heavy atom. The van der Waals surface area contributed by atoms with Crippen LogP contribution >= 0.6 is 0 Å².